The number of carboxylic acid groups (broad SMARTS) is 1. The van der Waals surface area contributed by atoms with Crippen LogP contribution >= 0.6 is 11.8 Å². The van der Waals surface area contributed by atoms with Gasteiger partial charge in [-0.1, -0.05) is 27.7 Å². The van der Waals surface area contributed by atoms with Crippen molar-refractivity contribution in [2.45, 2.75) is 47.0 Å². The molecule has 2 aromatic heterocycles. The molecule has 2 aromatic rings. The molecule has 2 heterocycles. The topological polar surface area (TPSA) is 83.8 Å². The maximum Gasteiger partial charge on any atom is 0.306 e. The van der Waals surface area contributed by atoms with Crippen molar-refractivity contribution in [2.24, 2.45) is 11.8 Å². The van der Waals surface area contributed by atoms with Crippen molar-refractivity contribution in [3.63, 3.8) is 0 Å². The number of carboxylic acids is 1. The molecule has 0 spiro atoms. The van der Waals surface area contributed by atoms with Crippen LogP contribution in [0.5, 0.6) is 0 Å². The molecule has 2 N–H and O–H groups in total. The van der Waals surface area contributed by atoms with E-state index in [1.165, 1.54) is 0 Å². The lowest BCUT2D eigenvalue weighted by Gasteiger charge is -2.07. The van der Waals surface area contributed by atoms with Gasteiger partial charge in [-0.05, 0) is 49.1 Å². The molecule has 0 aliphatic carbocycles. The monoisotopic (exact) mass is 411 g/mol. The van der Waals surface area contributed by atoms with Gasteiger partial charge in [0, 0.05) is 27.9 Å². The number of rotatable bonds is 8. The fourth-order valence-corrected chi connectivity index (χ4v) is 2.13. The molecule has 0 bridgehead atoms. The summed E-state index contributed by atoms with van der Waals surface area (Å²) in [5.74, 6) is 0.973. The third-order valence-corrected chi connectivity index (χ3v) is 3.78. The minimum Gasteiger partial charge on any atom is -0.481 e. The van der Waals surface area contributed by atoms with Gasteiger partial charge in [-0.2, -0.15) is 11.8 Å². The Balaban J connectivity index is -0.000000369. The van der Waals surface area contributed by atoms with Gasteiger partial charge in [0.25, 0.3) is 0 Å². The summed E-state index contributed by atoms with van der Waals surface area (Å²) >= 11 is 1.75. The van der Waals surface area contributed by atoms with Gasteiger partial charge in [-0.25, -0.2) is 0 Å². The summed E-state index contributed by atoms with van der Waals surface area (Å²) in [6.07, 6.45) is 10.3. The number of hydrogen-bond donors (Lipinski definition) is 2. The third kappa shape index (κ3) is 14.5. The molecule has 0 amide bonds. The average molecular weight is 411 g/mol. The fourth-order valence-electron chi connectivity index (χ4n) is 2.13. The smallest absolute Gasteiger partial charge is 0.306 e. The highest BCUT2D eigenvalue weighted by Crippen LogP contribution is 2.12. The van der Waals surface area contributed by atoms with Gasteiger partial charge in [0.2, 0.25) is 0 Å². The van der Waals surface area contributed by atoms with Crippen LogP contribution in [-0.2, 0) is 17.6 Å². The summed E-state index contributed by atoms with van der Waals surface area (Å²) in [5.41, 5.74) is 0. The van der Waals surface area contributed by atoms with Crippen LogP contribution in [0.15, 0.2) is 45.6 Å². The Hall–Kier alpha value is -1.60. The quantitative estimate of drug-likeness (QED) is 0.594. The zero-order chi connectivity index (χ0) is 19.8. The van der Waals surface area contributed by atoms with Gasteiger partial charge >= 0.3 is 5.97 Å². The summed E-state index contributed by atoms with van der Waals surface area (Å²) in [6, 6.07) is 7.38. The summed E-state index contributed by atoms with van der Waals surface area (Å²) in [7, 11) is 0. The van der Waals surface area contributed by atoms with Crippen molar-refractivity contribution in [1.82, 2.24) is 0 Å². The minimum absolute atomic E-state index is 0. The average Bonchev–Trinajstić information content (AvgIpc) is 3.32. The molecule has 3 radical (unpaired) electrons. The number of aliphatic carboxylic acids is 1. The molecule has 0 saturated carbocycles. The Kier molecular flexibility index (Phi) is 22.4. The predicted molar refractivity (Wildman–Crippen MR) is 119 cm³/mol. The Morgan fingerprint density at radius 1 is 1.04 bits per heavy atom. The zero-order valence-corrected chi connectivity index (χ0v) is 17.6. The van der Waals surface area contributed by atoms with Crippen molar-refractivity contribution in [2.75, 3.05) is 19.1 Å². The van der Waals surface area contributed by atoms with Gasteiger partial charge in [0.05, 0.1) is 18.4 Å². The maximum absolute atomic E-state index is 10.6. The molecule has 0 fully saturated rings. The molecule has 2 atom stereocenters. The van der Waals surface area contributed by atoms with E-state index in [4.69, 9.17) is 19.0 Å². The van der Waals surface area contributed by atoms with Crippen molar-refractivity contribution >= 4 is 26.1 Å². The molecule has 0 aromatic carbocycles. The van der Waals surface area contributed by atoms with Gasteiger partial charge in [-0.3, -0.25) is 4.79 Å². The Bertz CT molecular complexity index is 539. The molecular weight excluding hydrogens is 375 g/mol. The number of furan rings is 2. The molecule has 0 saturated heterocycles. The van der Waals surface area contributed by atoms with Crippen LogP contribution in [0.4, 0.5) is 0 Å². The van der Waals surface area contributed by atoms with E-state index in [-0.39, 0.29) is 28.4 Å². The largest absolute Gasteiger partial charge is 0.481 e. The second kappa shape index (κ2) is 20.1. The number of aliphatic hydroxyl groups is 1. The SMILES string of the molecule is C.CCC(CO)Cc1ccco1.CCC(Cc1ccco1)C(=O)O.CSC.[B]. The van der Waals surface area contributed by atoms with Crippen molar-refractivity contribution in [3.8, 4) is 0 Å². The van der Waals surface area contributed by atoms with Gasteiger partial charge < -0.3 is 19.0 Å². The van der Waals surface area contributed by atoms with Crippen LogP contribution in [0.2, 0.25) is 0 Å². The molecule has 28 heavy (non-hydrogen) atoms. The van der Waals surface area contributed by atoms with Gasteiger partial charge in [0.1, 0.15) is 11.5 Å². The Labute approximate surface area is 176 Å². The maximum atomic E-state index is 10.6. The van der Waals surface area contributed by atoms with E-state index in [9.17, 15) is 4.79 Å². The van der Waals surface area contributed by atoms with E-state index in [0.717, 1.165) is 24.4 Å². The van der Waals surface area contributed by atoms with Crippen LogP contribution in [0.1, 0.15) is 45.6 Å². The molecule has 0 aliphatic rings. The first-order valence-corrected chi connectivity index (χ1v) is 10.4. The third-order valence-electron chi connectivity index (χ3n) is 3.78. The van der Waals surface area contributed by atoms with E-state index in [1.807, 2.05) is 31.6 Å². The molecule has 7 heteroatoms. The van der Waals surface area contributed by atoms with Crippen molar-refractivity contribution < 1.29 is 23.8 Å². The second-order valence-electron chi connectivity index (χ2n) is 5.88. The zero-order valence-electron chi connectivity index (χ0n) is 16.8. The highest BCUT2D eigenvalue weighted by molar-refractivity contribution is 7.97. The van der Waals surface area contributed by atoms with E-state index >= 15 is 0 Å². The highest BCUT2D eigenvalue weighted by atomic mass is 32.2. The summed E-state index contributed by atoms with van der Waals surface area (Å²) < 4.78 is 10.2. The normalized spacial score (nSPS) is 11.3. The Morgan fingerprint density at radius 2 is 1.50 bits per heavy atom. The second-order valence-corrected chi connectivity index (χ2v) is 6.69. The Morgan fingerprint density at radius 3 is 1.79 bits per heavy atom. The predicted octanol–water partition coefficient (Wildman–Crippen LogP) is 5.01. The molecule has 159 valence electrons. The molecular formula is C21H36BO5S. The van der Waals surface area contributed by atoms with E-state index in [1.54, 1.807) is 36.4 Å². The molecule has 0 aliphatic heterocycles. The van der Waals surface area contributed by atoms with E-state index in [0.29, 0.717) is 18.8 Å². The highest BCUT2D eigenvalue weighted by Gasteiger charge is 2.16. The standard InChI is InChI=1S/C9H12O3.C9H14O2.C2H6S.CH4.B/c1-2-7(9(10)11)6-8-4-3-5-12-8;1-2-8(7-10)6-9-4-3-5-11-9;1-3-2;;/h3-5,7H,2,6H2,1H3,(H,10,11);3-5,8,10H,2,6-7H2,1H3;1-2H3;1H4;. The number of carbonyl (C=O) groups is 1. The van der Waals surface area contributed by atoms with Crippen molar-refractivity contribution in [1.29, 1.82) is 0 Å². The van der Waals surface area contributed by atoms with Crippen LogP contribution in [0, 0.1) is 11.8 Å². The van der Waals surface area contributed by atoms with E-state index in [2.05, 4.69) is 6.92 Å². The first kappa shape index (κ1) is 31.1. The minimum atomic E-state index is -0.756. The van der Waals surface area contributed by atoms with Crippen molar-refractivity contribution in [3.05, 3.63) is 48.3 Å². The first-order valence-electron chi connectivity index (χ1n) is 8.80. The fraction of sp³-hybridized carbons (Fsp3) is 0.571. The number of hydrogen-bond acceptors (Lipinski definition) is 5. The van der Waals surface area contributed by atoms with Crippen LogP contribution in [0.3, 0.4) is 0 Å². The lowest BCUT2D eigenvalue weighted by atomic mass is 10.0. The molecule has 2 rings (SSSR count). The van der Waals surface area contributed by atoms with Crippen LogP contribution in [0.25, 0.3) is 0 Å². The summed E-state index contributed by atoms with van der Waals surface area (Å²) in [5, 5.41) is 17.6. The van der Waals surface area contributed by atoms with Crippen LogP contribution in [-0.4, -0.2) is 43.7 Å². The van der Waals surface area contributed by atoms with E-state index < -0.39 is 5.97 Å². The number of thioether (sulfide) groups is 1. The molecule has 5 nitrogen and oxygen atoms in total. The lowest BCUT2D eigenvalue weighted by molar-refractivity contribution is -0.141. The van der Waals surface area contributed by atoms with Gasteiger partial charge in [0.15, 0.2) is 0 Å². The summed E-state index contributed by atoms with van der Waals surface area (Å²) in [4.78, 5) is 10.6. The van der Waals surface area contributed by atoms with Crippen LogP contribution < -0.4 is 0 Å². The number of aliphatic hydroxyl groups excluding tert-OH is 1. The van der Waals surface area contributed by atoms with Gasteiger partial charge in [-0.15, -0.1) is 0 Å². The molecule has 2 unspecified atom stereocenters. The summed E-state index contributed by atoms with van der Waals surface area (Å²) in [6.45, 7) is 4.18. The first-order chi connectivity index (χ1) is 12.5. The lowest BCUT2D eigenvalue weighted by Crippen LogP contribution is -2.14.